The normalized spacial score (nSPS) is 23.1. The summed E-state index contributed by atoms with van der Waals surface area (Å²) in [5.74, 6) is -2.96. The zero-order valence-electron chi connectivity index (χ0n) is 19.9. The predicted molar refractivity (Wildman–Crippen MR) is 127 cm³/mol. The van der Waals surface area contributed by atoms with E-state index in [9.17, 15) is 18.0 Å². The number of aromatic nitrogens is 4. The molecule has 1 aliphatic heterocycles. The number of halogens is 3. The third kappa shape index (κ3) is 4.69. The number of hydrogen-bond donors (Lipinski definition) is 3. The fourth-order valence-corrected chi connectivity index (χ4v) is 4.94. The van der Waals surface area contributed by atoms with Gasteiger partial charge in [0.2, 0.25) is 17.8 Å². The lowest BCUT2D eigenvalue weighted by molar-refractivity contribution is -0.128. The molecule has 0 spiro atoms. The molecule has 2 fully saturated rings. The number of carbonyl (C=O) groups is 1. The number of nitrogens with zero attached hydrogens (tertiary/aromatic N) is 4. The van der Waals surface area contributed by atoms with Crippen LogP contribution in [0.2, 0.25) is 0 Å². The summed E-state index contributed by atoms with van der Waals surface area (Å²) in [5, 5.41) is 6.03. The summed E-state index contributed by atoms with van der Waals surface area (Å²) in [7, 11) is 0. The van der Waals surface area contributed by atoms with Gasteiger partial charge in [-0.2, -0.15) is 4.98 Å². The van der Waals surface area contributed by atoms with Crippen molar-refractivity contribution in [1.29, 1.82) is 0 Å². The van der Waals surface area contributed by atoms with E-state index in [1.54, 1.807) is 10.8 Å². The molecule has 1 saturated heterocycles. The Bertz CT molecular complexity index is 1260. The van der Waals surface area contributed by atoms with Gasteiger partial charge in [0.05, 0.1) is 6.20 Å². The molecule has 0 radical (unpaired) electrons. The molecule has 9 nitrogen and oxygen atoms in total. The zero-order chi connectivity index (χ0) is 25.4. The Morgan fingerprint density at radius 3 is 2.42 bits per heavy atom. The Balaban J connectivity index is 1.53. The van der Waals surface area contributed by atoms with Crippen molar-refractivity contribution in [2.24, 2.45) is 11.1 Å². The Morgan fingerprint density at radius 2 is 1.78 bits per heavy atom. The molecule has 192 valence electrons. The third-order valence-corrected chi connectivity index (χ3v) is 7.25. The van der Waals surface area contributed by atoms with E-state index in [1.165, 1.54) is 0 Å². The minimum Gasteiger partial charge on any atom is -0.381 e. The zero-order valence-corrected chi connectivity index (χ0v) is 19.9. The molecule has 1 saturated carbocycles. The minimum atomic E-state index is -1.08. The summed E-state index contributed by atoms with van der Waals surface area (Å²) in [6, 6.07) is 1.21. The van der Waals surface area contributed by atoms with E-state index >= 15 is 0 Å². The highest BCUT2D eigenvalue weighted by Gasteiger charge is 2.38. The number of fused-ring (bicyclic) bond motifs is 1. The average molecular weight is 504 g/mol. The molecule has 1 aliphatic carbocycles. The third-order valence-electron chi connectivity index (χ3n) is 7.25. The second kappa shape index (κ2) is 9.57. The Morgan fingerprint density at radius 1 is 1.11 bits per heavy atom. The van der Waals surface area contributed by atoms with Gasteiger partial charge in [-0.1, -0.05) is 6.92 Å². The quantitative estimate of drug-likeness (QED) is 0.461. The highest BCUT2D eigenvalue weighted by molar-refractivity contribution is 5.80. The van der Waals surface area contributed by atoms with Gasteiger partial charge in [0, 0.05) is 42.8 Å². The lowest BCUT2D eigenvalue weighted by Gasteiger charge is -2.35. The summed E-state index contributed by atoms with van der Waals surface area (Å²) in [5.41, 5.74) is 5.40. The molecular weight excluding hydrogens is 475 g/mol. The van der Waals surface area contributed by atoms with Crippen LogP contribution >= 0.6 is 0 Å². The maximum Gasteiger partial charge on any atom is 0.224 e. The highest BCUT2D eigenvalue weighted by Crippen LogP contribution is 2.43. The largest absolute Gasteiger partial charge is 0.381 e. The molecule has 0 unspecified atom stereocenters. The van der Waals surface area contributed by atoms with Crippen LogP contribution in [0, 0.1) is 22.9 Å². The second-order valence-corrected chi connectivity index (χ2v) is 9.76. The van der Waals surface area contributed by atoms with Gasteiger partial charge in [0.1, 0.15) is 17.0 Å². The number of nitrogens with two attached hydrogens (primary N) is 1. The van der Waals surface area contributed by atoms with Crippen LogP contribution in [0.3, 0.4) is 0 Å². The topological polar surface area (TPSA) is 120 Å². The molecule has 36 heavy (non-hydrogen) atoms. The number of benzene rings is 1. The van der Waals surface area contributed by atoms with Gasteiger partial charge in [-0.25, -0.2) is 23.1 Å². The molecule has 1 amide bonds. The maximum atomic E-state index is 14.5. The van der Waals surface area contributed by atoms with Gasteiger partial charge >= 0.3 is 0 Å². The number of imidazole rings is 1. The summed E-state index contributed by atoms with van der Waals surface area (Å²) in [6.07, 6.45) is 5.46. The number of amides is 1. The average Bonchev–Trinajstić information content (AvgIpc) is 3.20. The standard InChI is InChI=1S/C24H28F3N7O2/c1-24(21(28)35)6-2-15(3-7-24)34-20-18(12-29-22(33-20)30-14-4-8-36-9-5-14)31-23(34)32-19-16(26)10-13(25)11-17(19)27/h10-12,14-15H,2-9H2,1H3,(H2,28,35)(H,31,32)(H,29,30,33)/t15-,24-. The number of carbonyl (C=O) groups excluding carboxylic acids is 1. The van der Waals surface area contributed by atoms with Crippen molar-refractivity contribution in [3.05, 3.63) is 35.8 Å². The number of rotatable bonds is 6. The van der Waals surface area contributed by atoms with Crippen LogP contribution in [0.25, 0.3) is 11.2 Å². The summed E-state index contributed by atoms with van der Waals surface area (Å²) < 4.78 is 49.6. The van der Waals surface area contributed by atoms with E-state index in [-0.39, 0.29) is 23.9 Å². The molecule has 1 aromatic carbocycles. The first-order chi connectivity index (χ1) is 17.2. The van der Waals surface area contributed by atoms with E-state index in [0.717, 1.165) is 12.8 Å². The van der Waals surface area contributed by atoms with Crippen molar-refractivity contribution in [2.75, 3.05) is 23.8 Å². The van der Waals surface area contributed by atoms with Crippen molar-refractivity contribution in [3.8, 4) is 0 Å². The molecule has 5 rings (SSSR count). The van der Waals surface area contributed by atoms with Crippen molar-refractivity contribution >= 4 is 34.7 Å². The molecule has 0 atom stereocenters. The summed E-state index contributed by atoms with van der Waals surface area (Å²) in [6.45, 7) is 3.15. The fourth-order valence-electron chi connectivity index (χ4n) is 4.94. The number of anilines is 3. The first-order valence-electron chi connectivity index (χ1n) is 12.0. The van der Waals surface area contributed by atoms with Gasteiger partial charge in [-0.05, 0) is 38.5 Å². The van der Waals surface area contributed by atoms with Gasteiger partial charge in [0.15, 0.2) is 17.3 Å². The molecule has 3 heterocycles. The first kappa shape index (κ1) is 24.3. The number of ether oxygens (including phenoxy) is 1. The Kier molecular flexibility index (Phi) is 6.45. The highest BCUT2D eigenvalue weighted by atomic mass is 19.1. The van der Waals surface area contributed by atoms with Crippen LogP contribution in [0.5, 0.6) is 0 Å². The van der Waals surface area contributed by atoms with Crippen LogP contribution in [0.15, 0.2) is 18.3 Å². The van der Waals surface area contributed by atoms with Crippen LogP contribution in [-0.4, -0.2) is 44.7 Å². The molecule has 2 aliphatic rings. The second-order valence-electron chi connectivity index (χ2n) is 9.76. The molecule has 0 bridgehead atoms. The lowest BCUT2D eigenvalue weighted by Crippen LogP contribution is -2.38. The Hall–Kier alpha value is -3.41. The molecule has 2 aromatic heterocycles. The lowest BCUT2D eigenvalue weighted by atomic mass is 9.73. The van der Waals surface area contributed by atoms with Crippen LogP contribution in [0.4, 0.5) is 30.8 Å². The van der Waals surface area contributed by atoms with Crippen LogP contribution in [-0.2, 0) is 9.53 Å². The SMILES string of the molecule is C[C@]1(C(N)=O)CC[C@H](n2c(Nc3c(F)cc(F)cc3F)nc3cnc(NC4CCOCC4)nc32)CC1. The van der Waals surface area contributed by atoms with Gasteiger partial charge in [-0.15, -0.1) is 0 Å². The van der Waals surface area contributed by atoms with Gasteiger partial charge < -0.3 is 21.1 Å². The van der Waals surface area contributed by atoms with E-state index in [1.807, 2.05) is 6.92 Å². The number of hydrogen-bond acceptors (Lipinski definition) is 7. The number of nitrogens with one attached hydrogen (secondary N) is 2. The molecular formula is C24H28F3N7O2. The van der Waals surface area contributed by atoms with E-state index < -0.39 is 28.6 Å². The molecule has 12 heteroatoms. The van der Waals surface area contributed by atoms with Gasteiger partial charge in [-0.3, -0.25) is 9.36 Å². The Labute approximate surface area is 205 Å². The van der Waals surface area contributed by atoms with Crippen LogP contribution in [0.1, 0.15) is 51.5 Å². The van der Waals surface area contributed by atoms with Gasteiger partial charge in [0.25, 0.3) is 0 Å². The van der Waals surface area contributed by atoms with Crippen molar-refractivity contribution in [2.45, 2.75) is 57.5 Å². The molecule has 4 N–H and O–H groups in total. The van der Waals surface area contributed by atoms with E-state index in [2.05, 4.69) is 20.6 Å². The molecule has 3 aromatic rings. The van der Waals surface area contributed by atoms with E-state index in [4.69, 9.17) is 15.5 Å². The van der Waals surface area contributed by atoms with Crippen molar-refractivity contribution < 1.29 is 22.7 Å². The van der Waals surface area contributed by atoms with Crippen molar-refractivity contribution in [3.63, 3.8) is 0 Å². The minimum absolute atomic E-state index is 0.152. The van der Waals surface area contributed by atoms with E-state index in [0.29, 0.717) is 68.1 Å². The summed E-state index contributed by atoms with van der Waals surface area (Å²) >= 11 is 0. The predicted octanol–water partition coefficient (Wildman–Crippen LogP) is 4.18. The number of primary amides is 1. The van der Waals surface area contributed by atoms with Crippen molar-refractivity contribution in [1.82, 2.24) is 19.5 Å². The maximum absolute atomic E-state index is 14.5. The van der Waals surface area contributed by atoms with Crippen LogP contribution < -0.4 is 16.4 Å². The monoisotopic (exact) mass is 503 g/mol. The smallest absolute Gasteiger partial charge is 0.224 e. The first-order valence-corrected chi connectivity index (χ1v) is 12.0. The summed E-state index contributed by atoms with van der Waals surface area (Å²) in [4.78, 5) is 25.5. The fraction of sp³-hybridized carbons (Fsp3) is 0.500.